The third-order valence-corrected chi connectivity index (χ3v) is 8.77. The zero-order valence-electron chi connectivity index (χ0n) is 19.1. The van der Waals surface area contributed by atoms with Gasteiger partial charge in [-0.1, -0.05) is 19.9 Å². The minimum Gasteiger partial charge on any atom is -0.449 e. The van der Waals surface area contributed by atoms with Crippen molar-refractivity contribution in [1.82, 2.24) is 5.32 Å². The summed E-state index contributed by atoms with van der Waals surface area (Å²) in [5, 5.41) is 12.2. The quantitative estimate of drug-likeness (QED) is 0.570. The standard InChI is InChI=1S/C25H37NO4/c1-23(2,3)26-21(27)20-9-8-18-17-7-6-15-14-16(30-22(28)29)10-12-24(15,4)19(17)11-13-25(18,20)5/h6,14,17-20H,7-13H2,1-5H3,(H,26,27)(H,28,29)/t17-,18-,19-,20+,24-,25-/m0/s1. The van der Waals surface area contributed by atoms with Crippen molar-refractivity contribution in [2.24, 2.45) is 34.5 Å². The van der Waals surface area contributed by atoms with Gasteiger partial charge in [-0.3, -0.25) is 4.79 Å². The topological polar surface area (TPSA) is 75.6 Å². The molecule has 2 fully saturated rings. The van der Waals surface area contributed by atoms with Gasteiger partial charge in [-0.15, -0.1) is 0 Å². The van der Waals surface area contributed by atoms with E-state index in [9.17, 15) is 9.59 Å². The van der Waals surface area contributed by atoms with E-state index in [0.717, 1.165) is 38.5 Å². The van der Waals surface area contributed by atoms with Crippen LogP contribution in [0.5, 0.6) is 0 Å². The van der Waals surface area contributed by atoms with Crippen LogP contribution in [0.4, 0.5) is 4.79 Å². The summed E-state index contributed by atoms with van der Waals surface area (Å²) >= 11 is 0. The lowest BCUT2D eigenvalue weighted by molar-refractivity contribution is -0.133. The average Bonchev–Trinajstić information content (AvgIpc) is 2.97. The van der Waals surface area contributed by atoms with Gasteiger partial charge in [0.25, 0.3) is 0 Å². The number of carbonyl (C=O) groups excluding carboxylic acids is 1. The fourth-order valence-corrected chi connectivity index (χ4v) is 7.38. The molecule has 4 rings (SSSR count). The predicted octanol–water partition coefficient (Wildman–Crippen LogP) is 5.67. The number of ether oxygens (including phenoxy) is 1. The molecule has 4 aliphatic carbocycles. The number of rotatable bonds is 2. The molecule has 166 valence electrons. The summed E-state index contributed by atoms with van der Waals surface area (Å²) in [6.45, 7) is 10.9. The largest absolute Gasteiger partial charge is 0.511 e. The van der Waals surface area contributed by atoms with Crippen LogP contribution in [0.2, 0.25) is 0 Å². The van der Waals surface area contributed by atoms with E-state index in [0.29, 0.717) is 29.9 Å². The average molecular weight is 416 g/mol. The Morgan fingerprint density at radius 2 is 1.87 bits per heavy atom. The number of hydrogen-bond acceptors (Lipinski definition) is 3. The SMILES string of the molecule is CC(C)(C)NC(=O)[C@H]1CC[C@H]2[C@@H]3CC=C4C=C(OC(=O)O)CC[C@]4(C)[C@H]3CC[C@]12C. The highest BCUT2D eigenvalue weighted by Crippen LogP contribution is 2.66. The van der Waals surface area contributed by atoms with Gasteiger partial charge in [0.15, 0.2) is 0 Å². The maximum Gasteiger partial charge on any atom is 0.511 e. The molecule has 0 unspecified atom stereocenters. The Kier molecular flexibility index (Phi) is 5.10. The molecule has 6 atom stereocenters. The van der Waals surface area contributed by atoms with Gasteiger partial charge >= 0.3 is 6.16 Å². The highest BCUT2D eigenvalue weighted by molar-refractivity contribution is 5.80. The molecule has 1 amide bonds. The van der Waals surface area contributed by atoms with Gasteiger partial charge < -0.3 is 15.2 Å². The number of hydrogen-bond donors (Lipinski definition) is 2. The molecule has 0 aliphatic heterocycles. The molecule has 0 bridgehead atoms. The van der Waals surface area contributed by atoms with Crippen molar-refractivity contribution in [2.45, 2.75) is 85.1 Å². The van der Waals surface area contributed by atoms with Crippen LogP contribution in [0.1, 0.15) is 79.6 Å². The second-order valence-corrected chi connectivity index (χ2v) is 11.6. The molecule has 0 saturated heterocycles. The maximum atomic E-state index is 13.1. The van der Waals surface area contributed by atoms with Crippen LogP contribution in [0.3, 0.4) is 0 Å². The lowest BCUT2D eigenvalue weighted by atomic mass is 9.48. The van der Waals surface area contributed by atoms with E-state index < -0.39 is 6.16 Å². The Labute approximate surface area is 180 Å². The third kappa shape index (κ3) is 3.48. The first-order chi connectivity index (χ1) is 13.9. The summed E-state index contributed by atoms with van der Waals surface area (Å²) in [5.74, 6) is 2.72. The molecule has 5 heteroatoms. The van der Waals surface area contributed by atoms with Gasteiger partial charge in [-0.05, 0) is 99.5 Å². The lowest BCUT2D eigenvalue weighted by Gasteiger charge is -2.56. The van der Waals surface area contributed by atoms with E-state index in [1.165, 1.54) is 5.57 Å². The summed E-state index contributed by atoms with van der Waals surface area (Å²) in [6.07, 6.45) is 10.1. The number of allylic oxidation sites excluding steroid dienone is 4. The second-order valence-electron chi connectivity index (χ2n) is 11.6. The Hall–Kier alpha value is -1.78. The van der Waals surface area contributed by atoms with Crippen molar-refractivity contribution in [2.75, 3.05) is 0 Å². The summed E-state index contributed by atoms with van der Waals surface area (Å²) in [6, 6.07) is 0. The van der Waals surface area contributed by atoms with Gasteiger partial charge in [0.1, 0.15) is 5.76 Å². The van der Waals surface area contributed by atoms with Crippen molar-refractivity contribution in [3.05, 3.63) is 23.5 Å². The maximum absolute atomic E-state index is 13.1. The molecule has 0 aromatic carbocycles. The van der Waals surface area contributed by atoms with Crippen molar-refractivity contribution < 1.29 is 19.4 Å². The molecule has 4 aliphatic rings. The number of carbonyl (C=O) groups is 2. The van der Waals surface area contributed by atoms with Gasteiger partial charge in [0, 0.05) is 17.9 Å². The van der Waals surface area contributed by atoms with E-state index in [2.05, 4.69) is 46.0 Å². The van der Waals surface area contributed by atoms with Crippen LogP contribution in [-0.4, -0.2) is 22.7 Å². The molecule has 0 aromatic heterocycles. The first kappa shape index (κ1) is 21.5. The highest BCUT2D eigenvalue weighted by atomic mass is 16.7. The number of fused-ring (bicyclic) bond motifs is 5. The van der Waals surface area contributed by atoms with Crippen LogP contribution in [0.25, 0.3) is 0 Å². The van der Waals surface area contributed by atoms with Crippen LogP contribution in [0, 0.1) is 34.5 Å². The van der Waals surface area contributed by atoms with Crippen molar-refractivity contribution in [3.8, 4) is 0 Å². The minimum atomic E-state index is -1.22. The molecular formula is C25H37NO4. The predicted molar refractivity (Wildman–Crippen MR) is 116 cm³/mol. The number of amides is 1. The minimum absolute atomic E-state index is 0.0836. The molecule has 0 spiro atoms. The van der Waals surface area contributed by atoms with Gasteiger partial charge in [-0.2, -0.15) is 0 Å². The molecule has 2 saturated carbocycles. The molecule has 0 heterocycles. The zero-order chi connectivity index (χ0) is 21.9. The summed E-state index contributed by atoms with van der Waals surface area (Å²) < 4.78 is 4.98. The van der Waals surface area contributed by atoms with E-state index in [4.69, 9.17) is 9.84 Å². The Bertz CT molecular complexity index is 806. The van der Waals surface area contributed by atoms with Crippen molar-refractivity contribution >= 4 is 12.1 Å². The molecular weight excluding hydrogens is 378 g/mol. The van der Waals surface area contributed by atoms with Gasteiger partial charge in [0.05, 0.1) is 0 Å². The Morgan fingerprint density at radius 1 is 1.13 bits per heavy atom. The smallest absolute Gasteiger partial charge is 0.449 e. The fraction of sp³-hybridized carbons (Fsp3) is 0.760. The van der Waals surface area contributed by atoms with E-state index in [1.54, 1.807) is 0 Å². The van der Waals surface area contributed by atoms with Crippen molar-refractivity contribution in [1.29, 1.82) is 0 Å². The first-order valence-electron chi connectivity index (χ1n) is 11.6. The van der Waals surface area contributed by atoms with Crippen LogP contribution < -0.4 is 5.32 Å². The van der Waals surface area contributed by atoms with Gasteiger partial charge in [-0.25, -0.2) is 4.79 Å². The summed E-state index contributed by atoms with van der Waals surface area (Å²) in [7, 11) is 0. The normalized spacial score (nSPS) is 40.3. The van der Waals surface area contributed by atoms with Crippen LogP contribution >= 0.6 is 0 Å². The second kappa shape index (κ2) is 7.13. The monoisotopic (exact) mass is 415 g/mol. The molecule has 0 radical (unpaired) electrons. The van der Waals surface area contributed by atoms with Crippen molar-refractivity contribution in [3.63, 3.8) is 0 Å². The van der Waals surface area contributed by atoms with Gasteiger partial charge in [0.2, 0.25) is 5.91 Å². The Morgan fingerprint density at radius 3 is 2.53 bits per heavy atom. The first-order valence-corrected chi connectivity index (χ1v) is 11.6. The highest BCUT2D eigenvalue weighted by Gasteiger charge is 2.59. The molecule has 2 N–H and O–H groups in total. The lowest BCUT2D eigenvalue weighted by Crippen LogP contribution is -2.52. The summed E-state index contributed by atoms with van der Waals surface area (Å²) in [5.41, 5.74) is 1.24. The zero-order valence-corrected chi connectivity index (χ0v) is 19.1. The van der Waals surface area contributed by atoms with Crippen LogP contribution in [-0.2, 0) is 9.53 Å². The van der Waals surface area contributed by atoms with E-state index in [1.807, 2.05) is 6.08 Å². The van der Waals surface area contributed by atoms with E-state index >= 15 is 0 Å². The molecule has 0 aromatic rings. The molecule has 30 heavy (non-hydrogen) atoms. The van der Waals surface area contributed by atoms with E-state index in [-0.39, 0.29) is 28.2 Å². The fourth-order valence-electron chi connectivity index (χ4n) is 7.38. The summed E-state index contributed by atoms with van der Waals surface area (Å²) in [4.78, 5) is 24.1. The number of nitrogens with one attached hydrogen (secondary N) is 1. The molecule has 5 nitrogen and oxygen atoms in total. The number of carboxylic acid groups (broad SMARTS) is 1. The Balaban J connectivity index is 1.57. The van der Waals surface area contributed by atoms with Crippen LogP contribution in [0.15, 0.2) is 23.5 Å². The third-order valence-electron chi connectivity index (χ3n) is 8.77.